The van der Waals surface area contributed by atoms with Crippen LogP contribution >= 0.6 is 0 Å². The fraction of sp³-hybridized carbons (Fsp3) is 0. The Hall–Kier alpha value is -12.1. The zero-order chi connectivity index (χ0) is 59.0. The Morgan fingerprint density at radius 1 is 0.189 bits per heavy atom. The van der Waals surface area contributed by atoms with Crippen molar-refractivity contribution in [3.63, 3.8) is 0 Å². The van der Waals surface area contributed by atoms with Gasteiger partial charge in [-0.25, -0.2) is 9.97 Å². The Bertz CT molecular complexity index is 6120. The lowest BCUT2D eigenvalue weighted by molar-refractivity contribution is 1.02. The fourth-order valence-electron chi connectivity index (χ4n) is 14.6. The van der Waals surface area contributed by atoms with Crippen LogP contribution in [0.2, 0.25) is 0 Å². The summed E-state index contributed by atoms with van der Waals surface area (Å²) in [6, 6.07) is 115. The quantitative estimate of drug-likeness (QED) is 0.142. The van der Waals surface area contributed by atoms with Crippen molar-refractivity contribution >= 4 is 109 Å². The number of fused-ring (bicyclic) bond motifs is 15. The first-order chi connectivity index (χ1) is 44.6. The van der Waals surface area contributed by atoms with Gasteiger partial charge >= 0.3 is 0 Å². The van der Waals surface area contributed by atoms with Gasteiger partial charge in [0.05, 0.1) is 55.3 Å². The standard InChI is InChI=1S/C84H52N6/c1-3-18-61(19-4-1)87-74-27-13-9-23-65(74)70-49-57(38-45-78(70)87)58-40-47-80-72(51-58)67-25-11-15-29-76(67)89(80)63-42-35-54(36-43-63)53-31-33-56(34-32-53)82-69-44-37-55-17-7-8-22-64(55)83(69)86-84(85-82)90-77-30-16-12-26-68(77)73-52-60(41-48-81(73)90)59-39-46-79-71(50-59)66-24-10-14-28-75(66)88(79)62-20-5-2-6-21-62/h1-52H. The third kappa shape index (κ3) is 7.65. The molecule has 418 valence electrons. The molecule has 0 amide bonds. The molecule has 0 spiro atoms. The molecular formula is C84H52N6. The molecule has 5 heterocycles. The van der Waals surface area contributed by atoms with Gasteiger partial charge in [0.2, 0.25) is 5.95 Å². The van der Waals surface area contributed by atoms with Crippen LogP contribution < -0.4 is 0 Å². The van der Waals surface area contributed by atoms with Gasteiger partial charge in [-0.2, -0.15) is 0 Å². The predicted octanol–water partition coefficient (Wildman–Crippen LogP) is 21.8. The molecule has 19 aromatic rings. The van der Waals surface area contributed by atoms with Crippen molar-refractivity contribution in [1.82, 2.24) is 28.2 Å². The second kappa shape index (κ2) is 19.7. The minimum Gasteiger partial charge on any atom is -0.309 e. The number of aromatic nitrogens is 6. The molecule has 0 radical (unpaired) electrons. The van der Waals surface area contributed by atoms with E-state index in [0.29, 0.717) is 5.95 Å². The van der Waals surface area contributed by atoms with E-state index in [0.717, 1.165) is 88.5 Å². The maximum atomic E-state index is 5.59. The van der Waals surface area contributed by atoms with Crippen LogP contribution in [-0.2, 0) is 0 Å². The summed E-state index contributed by atoms with van der Waals surface area (Å²) >= 11 is 0. The first kappa shape index (κ1) is 50.1. The molecule has 0 aliphatic carbocycles. The van der Waals surface area contributed by atoms with Gasteiger partial charge in [0.25, 0.3) is 0 Å². The van der Waals surface area contributed by atoms with E-state index in [9.17, 15) is 0 Å². The molecule has 6 heteroatoms. The lowest BCUT2D eigenvalue weighted by atomic mass is 9.99. The third-order valence-electron chi connectivity index (χ3n) is 18.8. The molecule has 0 fully saturated rings. The summed E-state index contributed by atoms with van der Waals surface area (Å²) in [6.45, 7) is 0. The van der Waals surface area contributed by atoms with Gasteiger partial charge in [0, 0.05) is 76.5 Å². The first-order valence-electron chi connectivity index (χ1n) is 30.8. The Balaban J connectivity index is 0.677. The van der Waals surface area contributed by atoms with Crippen LogP contribution in [0.15, 0.2) is 315 Å². The highest BCUT2D eigenvalue weighted by molar-refractivity contribution is 6.16. The summed E-state index contributed by atoms with van der Waals surface area (Å²) in [7, 11) is 0. The molecule has 14 aromatic carbocycles. The summed E-state index contributed by atoms with van der Waals surface area (Å²) in [6.07, 6.45) is 0. The average molecular weight is 1150 g/mol. The van der Waals surface area contributed by atoms with E-state index < -0.39 is 0 Å². The van der Waals surface area contributed by atoms with Crippen molar-refractivity contribution in [3.05, 3.63) is 315 Å². The summed E-state index contributed by atoms with van der Waals surface area (Å²) in [5.74, 6) is 0.633. The van der Waals surface area contributed by atoms with E-state index in [1.807, 2.05) is 0 Å². The zero-order valence-corrected chi connectivity index (χ0v) is 48.7. The van der Waals surface area contributed by atoms with Gasteiger partial charge in [-0.15, -0.1) is 0 Å². The molecule has 0 aliphatic rings. The Morgan fingerprint density at radius 2 is 0.511 bits per heavy atom. The molecule has 0 bridgehead atoms. The molecule has 0 unspecified atom stereocenters. The van der Waals surface area contributed by atoms with Crippen LogP contribution in [0, 0.1) is 0 Å². The molecule has 0 aliphatic heterocycles. The van der Waals surface area contributed by atoms with Crippen molar-refractivity contribution in [2.75, 3.05) is 0 Å². The fourth-order valence-corrected chi connectivity index (χ4v) is 14.6. The predicted molar refractivity (Wildman–Crippen MR) is 376 cm³/mol. The molecule has 6 nitrogen and oxygen atoms in total. The number of hydrogen-bond donors (Lipinski definition) is 0. The molecule has 90 heavy (non-hydrogen) atoms. The van der Waals surface area contributed by atoms with Gasteiger partial charge in [0.15, 0.2) is 0 Å². The number of rotatable bonds is 8. The highest BCUT2D eigenvalue weighted by Gasteiger charge is 2.22. The van der Waals surface area contributed by atoms with Gasteiger partial charge in [-0.1, -0.05) is 200 Å². The number of benzene rings is 14. The van der Waals surface area contributed by atoms with Gasteiger partial charge in [0.1, 0.15) is 0 Å². The van der Waals surface area contributed by atoms with Gasteiger partial charge in [-0.05, 0) is 154 Å². The van der Waals surface area contributed by atoms with Crippen LogP contribution in [0.5, 0.6) is 0 Å². The maximum absolute atomic E-state index is 5.59. The second-order valence-electron chi connectivity index (χ2n) is 23.7. The van der Waals surface area contributed by atoms with Crippen molar-refractivity contribution in [2.45, 2.75) is 0 Å². The normalized spacial score (nSPS) is 12.0. The van der Waals surface area contributed by atoms with Crippen LogP contribution in [0.4, 0.5) is 0 Å². The van der Waals surface area contributed by atoms with E-state index >= 15 is 0 Å². The van der Waals surface area contributed by atoms with Gasteiger partial charge in [-0.3, -0.25) is 4.57 Å². The molecular weight excluding hydrogens is 1090 g/mol. The van der Waals surface area contributed by atoms with Crippen LogP contribution in [0.1, 0.15) is 0 Å². The second-order valence-corrected chi connectivity index (χ2v) is 23.7. The Labute approximate surface area is 517 Å². The highest BCUT2D eigenvalue weighted by atomic mass is 15.2. The highest BCUT2D eigenvalue weighted by Crippen LogP contribution is 2.42. The van der Waals surface area contributed by atoms with Gasteiger partial charge < -0.3 is 13.7 Å². The molecule has 0 N–H and O–H groups in total. The molecule has 0 atom stereocenters. The number of para-hydroxylation sites is 6. The van der Waals surface area contributed by atoms with Crippen molar-refractivity contribution < 1.29 is 0 Å². The van der Waals surface area contributed by atoms with Crippen LogP contribution in [0.3, 0.4) is 0 Å². The summed E-state index contributed by atoms with van der Waals surface area (Å²) in [5, 5.41) is 12.9. The van der Waals surface area contributed by atoms with E-state index in [-0.39, 0.29) is 0 Å². The number of nitrogens with zero attached hydrogens (tertiary/aromatic N) is 6. The molecule has 19 rings (SSSR count). The minimum atomic E-state index is 0.633. The minimum absolute atomic E-state index is 0.633. The van der Waals surface area contributed by atoms with E-state index in [2.05, 4.69) is 334 Å². The molecule has 0 saturated carbocycles. The van der Waals surface area contributed by atoms with Crippen molar-refractivity contribution in [2.24, 2.45) is 0 Å². The molecule has 5 aromatic heterocycles. The summed E-state index contributed by atoms with van der Waals surface area (Å²) in [5.41, 5.74) is 22.5. The lowest BCUT2D eigenvalue weighted by Crippen LogP contribution is -2.03. The topological polar surface area (TPSA) is 45.5 Å². The largest absolute Gasteiger partial charge is 0.309 e. The maximum Gasteiger partial charge on any atom is 0.235 e. The summed E-state index contributed by atoms with van der Waals surface area (Å²) in [4.78, 5) is 11.1. The first-order valence-corrected chi connectivity index (χ1v) is 30.8. The van der Waals surface area contributed by atoms with Crippen molar-refractivity contribution in [1.29, 1.82) is 0 Å². The smallest absolute Gasteiger partial charge is 0.235 e. The van der Waals surface area contributed by atoms with E-state index in [1.54, 1.807) is 0 Å². The third-order valence-corrected chi connectivity index (χ3v) is 18.8. The van der Waals surface area contributed by atoms with E-state index in [1.165, 1.54) is 82.1 Å². The van der Waals surface area contributed by atoms with Crippen LogP contribution in [-0.4, -0.2) is 28.2 Å². The van der Waals surface area contributed by atoms with E-state index in [4.69, 9.17) is 9.97 Å². The average Bonchev–Trinajstić information content (AvgIpc) is 1.63. The number of hydrogen-bond acceptors (Lipinski definition) is 2. The Kier molecular flexibility index (Phi) is 11.0. The molecule has 0 saturated heterocycles. The zero-order valence-electron chi connectivity index (χ0n) is 48.7. The SMILES string of the molecule is c1ccc(-n2c3ccccc3c3cc(-c4ccc5c(c4)c4ccccc4n5-c4ccc(-c5ccc(-c6nc(-n7c8ccccc8c8cc(-c9ccc%10c(c9)c9ccccc9n%10-c9ccccc9)ccc87)nc7c6ccc6ccccc67)cc5)cc4)ccc32)cc1. The monoisotopic (exact) mass is 1140 g/mol. The van der Waals surface area contributed by atoms with Crippen LogP contribution in [0.25, 0.3) is 177 Å². The Morgan fingerprint density at radius 3 is 0.956 bits per heavy atom. The lowest BCUT2D eigenvalue weighted by Gasteiger charge is -2.14. The summed E-state index contributed by atoms with van der Waals surface area (Å²) < 4.78 is 9.41. The van der Waals surface area contributed by atoms with Crippen molar-refractivity contribution in [3.8, 4) is 67.6 Å².